The van der Waals surface area contributed by atoms with Gasteiger partial charge in [0, 0.05) is 6.20 Å². The first kappa shape index (κ1) is 20.1. The summed E-state index contributed by atoms with van der Waals surface area (Å²) in [5.41, 5.74) is 0.782. The Kier molecular flexibility index (Phi) is 5.76. The number of sulfonamides is 1. The van der Waals surface area contributed by atoms with E-state index in [1.54, 1.807) is 18.2 Å². The molecule has 0 saturated carbocycles. The van der Waals surface area contributed by atoms with Crippen LogP contribution in [0.4, 0.5) is 14.6 Å². The van der Waals surface area contributed by atoms with Gasteiger partial charge in [0.25, 0.3) is 10.0 Å². The molecule has 142 valence electrons. The van der Waals surface area contributed by atoms with E-state index in [4.69, 9.17) is 23.2 Å². The molecule has 0 amide bonds. The van der Waals surface area contributed by atoms with Crippen molar-refractivity contribution in [2.45, 2.75) is 11.4 Å². The van der Waals surface area contributed by atoms with Crippen LogP contribution in [0.3, 0.4) is 0 Å². The molecule has 0 radical (unpaired) electrons. The Hall–Kier alpha value is -1.68. The van der Waals surface area contributed by atoms with E-state index in [-0.39, 0.29) is 12.4 Å². The van der Waals surface area contributed by atoms with Gasteiger partial charge in [-0.3, -0.25) is 9.40 Å². The van der Waals surface area contributed by atoms with E-state index >= 15 is 0 Å². The van der Waals surface area contributed by atoms with Gasteiger partial charge >= 0.3 is 0 Å². The van der Waals surface area contributed by atoms with Gasteiger partial charge in [-0.05, 0) is 51.8 Å². The first-order chi connectivity index (χ1) is 12.7. The van der Waals surface area contributed by atoms with Crippen LogP contribution in [-0.2, 0) is 16.6 Å². The van der Waals surface area contributed by atoms with Crippen LogP contribution < -0.4 is 4.72 Å². The zero-order valence-electron chi connectivity index (χ0n) is 13.3. The summed E-state index contributed by atoms with van der Waals surface area (Å²) in [6.07, 6.45) is 1.53. The molecule has 0 bridgehead atoms. The van der Waals surface area contributed by atoms with Crippen molar-refractivity contribution in [3.63, 3.8) is 0 Å². The second-order valence-corrected chi connectivity index (χ2v) is 8.77. The van der Waals surface area contributed by atoms with E-state index < -0.39 is 26.6 Å². The molecule has 3 rings (SSSR count). The minimum absolute atomic E-state index is 0.0706. The van der Waals surface area contributed by atoms with Crippen LogP contribution in [0, 0.1) is 11.6 Å². The van der Waals surface area contributed by atoms with Gasteiger partial charge in [-0.15, -0.1) is 0 Å². The third-order valence-electron chi connectivity index (χ3n) is 3.46. The van der Waals surface area contributed by atoms with Gasteiger partial charge in [-0.25, -0.2) is 17.2 Å². The van der Waals surface area contributed by atoms with Crippen LogP contribution in [0.15, 0.2) is 52.0 Å². The Morgan fingerprint density at radius 2 is 1.85 bits per heavy atom. The standard InChI is InChI=1S/C16H10BrCl2F2N3O2S/c17-11-8-24(7-9-1-3-12(18)13(19)5-9)22-16(11)23-27(25,26)15-6-10(20)2-4-14(15)21/h1-6,8H,7H2,(H,22,23). The summed E-state index contributed by atoms with van der Waals surface area (Å²) in [5, 5.41) is 4.89. The average molecular weight is 497 g/mol. The molecule has 5 nitrogen and oxygen atoms in total. The number of hydrogen-bond acceptors (Lipinski definition) is 3. The molecule has 0 aliphatic carbocycles. The molecule has 0 spiro atoms. The number of nitrogens with one attached hydrogen (secondary N) is 1. The molecule has 3 aromatic rings. The lowest BCUT2D eigenvalue weighted by Crippen LogP contribution is -2.16. The highest BCUT2D eigenvalue weighted by atomic mass is 79.9. The maximum absolute atomic E-state index is 13.8. The molecule has 0 saturated heterocycles. The molecular formula is C16H10BrCl2F2N3O2S. The normalized spacial score (nSPS) is 11.6. The predicted octanol–water partition coefficient (Wildman–Crippen LogP) is 5.08. The molecule has 0 unspecified atom stereocenters. The average Bonchev–Trinajstić information content (AvgIpc) is 2.91. The van der Waals surface area contributed by atoms with Crippen molar-refractivity contribution < 1.29 is 17.2 Å². The largest absolute Gasteiger partial charge is 0.266 e. The van der Waals surface area contributed by atoms with Crippen LogP contribution in [0.5, 0.6) is 0 Å². The van der Waals surface area contributed by atoms with Crippen molar-refractivity contribution in [3.05, 3.63) is 74.3 Å². The maximum atomic E-state index is 13.8. The summed E-state index contributed by atoms with van der Waals surface area (Å²) >= 11 is 15.0. The Labute approximate surface area is 172 Å². The van der Waals surface area contributed by atoms with Crippen LogP contribution in [0.1, 0.15) is 5.56 Å². The lowest BCUT2D eigenvalue weighted by Gasteiger charge is -2.07. The van der Waals surface area contributed by atoms with Gasteiger partial charge in [0.05, 0.1) is 21.1 Å². The first-order valence-corrected chi connectivity index (χ1v) is 10.3. The summed E-state index contributed by atoms with van der Waals surface area (Å²) < 4.78 is 55.7. The Balaban J connectivity index is 1.86. The van der Waals surface area contributed by atoms with Crippen molar-refractivity contribution >= 4 is 55.0 Å². The van der Waals surface area contributed by atoms with Gasteiger partial charge < -0.3 is 0 Å². The third-order valence-corrected chi connectivity index (χ3v) is 6.13. The van der Waals surface area contributed by atoms with Crippen molar-refractivity contribution in [2.75, 3.05) is 4.72 Å². The Bertz CT molecular complexity index is 1120. The van der Waals surface area contributed by atoms with Gasteiger partial charge in [-0.1, -0.05) is 29.3 Å². The highest BCUT2D eigenvalue weighted by Gasteiger charge is 2.22. The van der Waals surface area contributed by atoms with E-state index in [0.717, 1.165) is 17.7 Å². The molecule has 0 atom stereocenters. The van der Waals surface area contributed by atoms with E-state index in [0.29, 0.717) is 20.6 Å². The van der Waals surface area contributed by atoms with Gasteiger partial charge in [0.1, 0.15) is 16.5 Å². The number of halogens is 5. The van der Waals surface area contributed by atoms with E-state index in [2.05, 4.69) is 25.8 Å². The van der Waals surface area contributed by atoms with Crippen LogP contribution >= 0.6 is 39.1 Å². The second kappa shape index (κ2) is 7.75. The highest BCUT2D eigenvalue weighted by Crippen LogP contribution is 2.26. The van der Waals surface area contributed by atoms with Crippen molar-refractivity contribution in [3.8, 4) is 0 Å². The molecule has 1 N–H and O–H groups in total. The Morgan fingerprint density at radius 1 is 1.11 bits per heavy atom. The fourth-order valence-corrected chi connectivity index (χ4v) is 4.21. The summed E-state index contributed by atoms with van der Waals surface area (Å²) in [6.45, 7) is 0.283. The summed E-state index contributed by atoms with van der Waals surface area (Å²) in [7, 11) is -4.37. The fraction of sp³-hybridized carbons (Fsp3) is 0.0625. The summed E-state index contributed by atoms with van der Waals surface area (Å²) in [6, 6.07) is 7.20. The third kappa shape index (κ3) is 4.60. The number of rotatable bonds is 5. The Morgan fingerprint density at radius 3 is 2.56 bits per heavy atom. The van der Waals surface area contributed by atoms with Crippen molar-refractivity contribution in [1.82, 2.24) is 9.78 Å². The number of hydrogen-bond donors (Lipinski definition) is 1. The molecule has 0 fully saturated rings. The smallest absolute Gasteiger partial charge is 0.265 e. The molecule has 0 aliphatic heterocycles. The molecule has 1 aromatic heterocycles. The van der Waals surface area contributed by atoms with E-state index in [9.17, 15) is 17.2 Å². The van der Waals surface area contributed by atoms with E-state index in [1.807, 2.05) is 0 Å². The molecular weight excluding hydrogens is 487 g/mol. The predicted molar refractivity (Wildman–Crippen MR) is 103 cm³/mol. The molecule has 1 heterocycles. The van der Waals surface area contributed by atoms with Crippen molar-refractivity contribution in [2.24, 2.45) is 0 Å². The summed E-state index contributed by atoms with van der Waals surface area (Å²) in [5.74, 6) is -2.02. The second-order valence-electron chi connectivity index (χ2n) is 5.45. The van der Waals surface area contributed by atoms with Crippen LogP contribution in [0.2, 0.25) is 10.0 Å². The maximum Gasteiger partial charge on any atom is 0.266 e. The SMILES string of the molecule is O=S(=O)(Nc1nn(Cc2ccc(Cl)c(Cl)c2)cc1Br)c1cc(F)ccc1F. The molecule has 27 heavy (non-hydrogen) atoms. The summed E-state index contributed by atoms with van der Waals surface area (Å²) in [4.78, 5) is -0.812. The number of benzene rings is 2. The lowest BCUT2D eigenvalue weighted by molar-refractivity contribution is 0.555. The highest BCUT2D eigenvalue weighted by molar-refractivity contribution is 9.10. The van der Waals surface area contributed by atoms with Crippen LogP contribution in [-0.4, -0.2) is 18.2 Å². The first-order valence-electron chi connectivity index (χ1n) is 7.30. The van der Waals surface area contributed by atoms with Crippen molar-refractivity contribution in [1.29, 1.82) is 0 Å². The zero-order valence-corrected chi connectivity index (χ0v) is 17.2. The van der Waals surface area contributed by atoms with Gasteiger partial charge in [-0.2, -0.15) is 5.10 Å². The van der Waals surface area contributed by atoms with Crippen LogP contribution in [0.25, 0.3) is 0 Å². The van der Waals surface area contributed by atoms with Gasteiger partial charge in [0.2, 0.25) is 0 Å². The minimum Gasteiger partial charge on any atom is -0.265 e. The van der Waals surface area contributed by atoms with E-state index in [1.165, 1.54) is 10.9 Å². The molecule has 0 aliphatic rings. The molecule has 2 aromatic carbocycles. The number of anilines is 1. The quantitative estimate of drug-likeness (QED) is 0.535. The monoisotopic (exact) mass is 495 g/mol. The molecule has 11 heteroatoms. The minimum atomic E-state index is -4.37. The fourth-order valence-electron chi connectivity index (χ4n) is 2.24. The number of aromatic nitrogens is 2. The zero-order chi connectivity index (χ0) is 19.8. The van der Waals surface area contributed by atoms with Gasteiger partial charge in [0.15, 0.2) is 5.82 Å². The lowest BCUT2D eigenvalue weighted by atomic mass is 10.2. The topological polar surface area (TPSA) is 64.0 Å². The number of nitrogens with zero attached hydrogens (tertiary/aromatic N) is 2.